The fourth-order valence-corrected chi connectivity index (χ4v) is 6.32. The van der Waals surface area contributed by atoms with E-state index in [0.717, 1.165) is 43.6 Å². The van der Waals surface area contributed by atoms with E-state index >= 15 is 4.39 Å². The van der Waals surface area contributed by atoms with E-state index in [-0.39, 0.29) is 36.5 Å². The van der Waals surface area contributed by atoms with Crippen LogP contribution in [0.4, 0.5) is 4.39 Å². The Bertz CT molecular complexity index is 1350. The number of aromatic nitrogens is 1. The Morgan fingerprint density at radius 3 is 2.71 bits per heavy atom. The molecule has 0 saturated carbocycles. The molecule has 3 amide bonds. The van der Waals surface area contributed by atoms with Gasteiger partial charge >= 0.3 is 0 Å². The highest BCUT2D eigenvalue weighted by atomic mass is 32.1. The smallest absolute Gasteiger partial charge is 0.255 e. The van der Waals surface area contributed by atoms with Crippen LogP contribution in [0.15, 0.2) is 35.8 Å². The molecule has 2 fully saturated rings. The number of imide groups is 1. The van der Waals surface area contributed by atoms with Crippen molar-refractivity contribution in [3.05, 3.63) is 63.9 Å². The minimum atomic E-state index is -0.688. The van der Waals surface area contributed by atoms with Gasteiger partial charge < -0.3 is 4.90 Å². The first-order chi connectivity index (χ1) is 17.0. The number of hydrogen-bond donors (Lipinski definition) is 1. The van der Waals surface area contributed by atoms with Gasteiger partial charge in [-0.3, -0.25) is 24.6 Å². The van der Waals surface area contributed by atoms with Crippen molar-refractivity contribution in [2.75, 3.05) is 13.1 Å². The number of nitrogens with one attached hydrogen (secondary N) is 1. The number of rotatable bonds is 4. The van der Waals surface area contributed by atoms with Crippen LogP contribution in [-0.2, 0) is 22.7 Å². The van der Waals surface area contributed by atoms with Gasteiger partial charge in [-0.1, -0.05) is 12.1 Å². The molecule has 3 aliphatic heterocycles. The van der Waals surface area contributed by atoms with Gasteiger partial charge in [0.1, 0.15) is 11.9 Å². The van der Waals surface area contributed by atoms with Crippen LogP contribution in [0.1, 0.15) is 58.6 Å². The van der Waals surface area contributed by atoms with Gasteiger partial charge in [0.25, 0.3) is 5.91 Å². The van der Waals surface area contributed by atoms with E-state index in [4.69, 9.17) is 0 Å². The Labute approximate surface area is 205 Å². The third kappa shape index (κ3) is 4.12. The predicted molar refractivity (Wildman–Crippen MR) is 129 cm³/mol. The molecule has 0 radical (unpaired) electrons. The standard InChI is InChI=1S/C26H25FN4O3S/c27-20-11-19-17(13-31(26(19)34)22-3-4-24(32)29-25(22)33)10-18(20)16-5-7-30(8-6-16)12-15-1-2-21-23(9-15)35-14-28-21/h1-2,9-11,14,16,22H,3-8,12-13H2,(H,29,32,33). The van der Waals surface area contributed by atoms with E-state index in [1.54, 1.807) is 11.3 Å². The molecule has 1 atom stereocenters. The molecule has 6 rings (SSSR count). The maximum atomic E-state index is 15.1. The number of benzene rings is 2. The highest BCUT2D eigenvalue weighted by Gasteiger charge is 2.40. The summed E-state index contributed by atoms with van der Waals surface area (Å²) in [5.74, 6) is -1.37. The van der Waals surface area contributed by atoms with E-state index < -0.39 is 11.9 Å². The van der Waals surface area contributed by atoms with Crippen molar-refractivity contribution in [3.63, 3.8) is 0 Å². The van der Waals surface area contributed by atoms with Crippen LogP contribution in [0.25, 0.3) is 10.2 Å². The summed E-state index contributed by atoms with van der Waals surface area (Å²) in [6.45, 7) is 2.89. The molecule has 1 N–H and O–H groups in total. The van der Waals surface area contributed by atoms with Gasteiger partial charge in [0.05, 0.1) is 15.7 Å². The first-order valence-electron chi connectivity index (χ1n) is 12.0. The fraction of sp³-hybridized carbons (Fsp3) is 0.385. The monoisotopic (exact) mass is 492 g/mol. The van der Waals surface area contributed by atoms with Gasteiger partial charge in [-0.05, 0) is 73.2 Å². The normalized spacial score (nSPS) is 21.6. The van der Waals surface area contributed by atoms with Crippen molar-refractivity contribution in [1.82, 2.24) is 20.1 Å². The second kappa shape index (κ2) is 8.80. The van der Waals surface area contributed by atoms with Gasteiger partial charge in [0.2, 0.25) is 11.8 Å². The zero-order valence-corrected chi connectivity index (χ0v) is 19.9. The highest BCUT2D eigenvalue weighted by molar-refractivity contribution is 7.16. The van der Waals surface area contributed by atoms with E-state index in [1.165, 1.54) is 21.2 Å². The molecule has 180 valence electrons. The number of nitrogens with zero attached hydrogens (tertiary/aromatic N) is 3. The second-order valence-electron chi connectivity index (χ2n) is 9.64. The Kier molecular flexibility index (Phi) is 5.61. The van der Waals surface area contributed by atoms with Crippen LogP contribution in [0.3, 0.4) is 0 Å². The van der Waals surface area contributed by atoms with E-state index in [9.17, 15) is 14.4 Å². The predicted octanol–water partition coefficient (Wildman–Crippen LogP) is 3.58. The molecular formula is C26H25FN4O3S. The molecule has 35 heavy (non-hydrogen) atoms. The van der Waals surface area contributed by atoms with Crippen LogP contribution in [0.2, 0.25) is 0 Å². The van der Waals surface area contributed by atoms with Crippen LogP contribution < -0.4 is 5.32 Å². The molecular weight excluding hydrogens is 467 g/mol. The Balaban J connectivity index is 1.13. The first-order valence-corrected chi connectivity index (χ1v) is 12.9. The average molecular weight is 493 g/mol. The number of thiazole rings is 1. The lowest BCUT2D eigenvalue weighted by Gasteiger charge is -2.32. The lowest BCUT2D eigenvalue weighted by Crippen LogP contribution is -2.52. The van der Waals surface area contributed by atoms with Gasteiger partial charge in [0.15, 0.2) is 0 Å². The summed E-state index contributed by atoms with van der Waals surface area (Å²) >= 11 is 1.65. The van der Waals surface area contributed by atoms with Gasteiger partial charge in [-0.2, -0.15) is 0 Å². The molecule has 1 unspecified atom stereocenters. The molecule has 3 aliphatic rings. The van der Waals surface area contributed by atoms with Crippen LogP contribution in [0, 0.1) is 5.82 Å². The Hall–Kier alpha value is -3.17. The molecule has 3 aromatic rings. The summed E-state index contributed by atoms with van der Waals surface area (Å²) in [6, 6.07) is 8.87. The van der Waals surface area contributed by atoms with E-state index in [0.29, 0.717) is 17.5 Å². The summed E-state index contributed by atoms with van der Waals surface area (Å²) in [4.78, 5) is 44.9. The number of piperidine rings is 2. The zero-order valence-electron chi connectivity index (χ0n) is 19.1. The number of carbonyl (C=O) groups is 3. The zero-order chi connectivity index (χ0) is 24.1. The lowest BCUT2D eigenvalue weighted by atomic mass is 9.87. The van der Waals surface area contributed by atoms with Gasteiger partial charge in [-0.15, -0.1) is 11.3 Å². The van der Waals surface area contributed by atoms with E-state index in [2.05, 4.69) is 33.4 Å². The van der Waals surface area contributed by atoms with Gasteiger partial charge in [0, 0.05) is 25.1 Å². The maximum absolute atomic E-state index is 15.1. The number of amides is 3. The molecule has 0 bridgehead atoms. The number of hydrogen-bond acceptors (Lipinski definition) is 6. The third-order valence-electron chi connectivity index (χ3n) is 7.47. The maximum Gasteiger partial charge on any atom is 0.255 e. The number of halogens is 1. The molecule has 9 heteroatoms. The van der Waals surface area contributed by atoms with Crippen molar-refractivity contribution in [2.45, 2.75) is 50.7 Å². The Morgan fingerprint density at radius 1 is 1.09 bits per heavy atom. The topological polar surface area (TPSA) is 82.6 Å². The molecule has 0 aliphatic carbocycles. The number of likely N-dealkylation sites (tertiary alicyclic amines) is 1. The average Bonchev–Trinajstić information content (AvgIpc) is 3.43. The van der Waals surface area contributed by atoms with Gasteiger partial charge in [-0.25, -0.2) is 9.37 Å². The third-order valence-corrected chi connectivity index (χ3v) is 8.26. The number of carbonyl (C=O) groups excluding carboxylic acids is 3. The quantitative estimate of drug-likeness (QED) is 0.563. The van der Waals surface area contributed by atoms with Crippen LogP contribution in [0.5, 0.6) is 0 Å². The minimum Gasteiger partial charge on any atom is -0.322 e. The largest absolute Gasteiger partial charge is 0.322 e. The lowest BCUT2D eigenvalue weighted by molar-refractivity contribution is -0.136. The molecule has 2 saturated heterocycles. The van der Waals surface area contributed by atoms with E-state index in [1.807, 2.05) is 11.6 Å². The van der Waals surface area contributed by atoms with Crippen molar-refractivity contribution < 1.29 is 18.8 Å². The summed E-state index contributed by atoms with van der Waals surface area (Å²) in [7, 11) is 0. The Morgan fingerprint density at radius 2 is 1.91 bits per heavy atom. The summed E-state index contributed by atoms with van der Waals surface area (Å²) in [5.41, 5.74) is 5.90. The summed E-state index contributed by atoms with van der Waals surface area (Å²) < 4.78 is 16.3. The van der Waals surface area contributed by atoms with Crippen molar-refractivity contribution in [3.8, 4) is 0 Å². The summed E-state index contributed by atoms with van der Waals surface area (Å²) in [6.07, 6.45) is 2.20. The molecule has 2 aromatic carbocycles. The molecule has 0 spiro atoms. The fourth-order valence-electron chi connectivity index (χ4n) is 5.58. The molecule has 1 aromatic heterocycles. The van der Waals surface area contributed by atoms with Crippen molar-refractivity contribution in [2.24, 2.45) is 0 Å². The van der Waals surface area contributed by atoms with Crippen LogP contribution >= 0.6 is 11.3 Å². The highest BCUT2D eigenvalue weighted by Crippen LogP contribution is 2.36. The molecule has 4 heterocycles. The summed E-state index contributed by atoms with van der Waals surface area (Å²) in [5, 5.41) is 2.30. The second-order valence-corrected chi connectivity index (χ2v) is 10.5. The van der Waals surface area contributed by atoms with Crippen molar-refractivity contribution in [1.29, 1.82) is 0 Å². The van der Waals surface area contributed by atoms with Crippen LogP contribution in [-0.4, -0.2) is 51.6 Å². The minimum absolute atomic E-state index is 0.0975. The first kappa shape index (κ1) is 22.3. The van der Waals surface area contributed by atoms with Crippen molar-refractivity contribution >= 4 is 39.3 Å². The molecule has 7 nitrogen and oxygen atoms in total. The SMILES string of the molecule is O=C1CCC(N2Cc3cc(C4CCN(Cc5ccc6ncsc6c5)CC4)c(F)cc3C2=O)C(=O)N1. The number of fused-ring (bicyclic) bond motifs is 2.